The zero-order valence-electron chi connectivity index (χ0n) is 13.2. The smallest absolute Gasteiger partial charge is 0.199 e. The van der Waals surface area contributed by atoms with Crippen molar-refractivity contribution in [3.05, 3.63) is 53.6 Å². The second-order valence-electron chi connectivity index (χ2n) is 5.63. The summed E-state index contributed by atoms with van der Waals surface area (Å²) in [7, 11) is 5.81. The first-order valence-corrected chi connectivity index (χ1v) is 7.79. The summed E-state index contributed by atoms with van der Waals surface area (Å²) in [5, 5.41) is 24.3. The Morgan fingerprint density at radius 1 is 1.20 bits per heavy atom. The Morgan fingerprint density at radius 2 is 2.04 bits per heavy atom. The number of H-pyrrole nitrogens is 1. The highest BCUT2D eigenvalue weighted by atomic mass is 16.6. The Labute approximate surface area is 144 Å². The number of para-hydroxylation sites is 1. The van der Waals surface area contributed by atoms with Gasteiger partial charge in [-0.2, -0.15) is 0 Å². The molecule has 2 aromatic carbocycles. The summed E-state index contributed by atoms with van der Waals surface area (Å²) in [6.07, 6.45) is 0. The predicted octanol–water partition coefficient (Wildman–Crippen LogP) is 1.51. The van der Waals surface area contributed by atoms with E-state index >= 15 is 0 Å². The molecule has 1 aliphatic rings. The van der Waals surface area contributed by atoms with Gasteiger partial charge >= 0.3 is 0 Å². The zero-order valence-corrected chi connectivity index (χ0v) is 13.2. The summed E-state index contributed by atoms with van der Waals surface area (Å²) < 4.78 is 0. The maximum absolute atomic E-state index is 10.4. The minimum absolute atomic E-state index is 0.0120. The van der Waals surface area contributed by atoms with Gasteiger partial charge in [0.2, 0.25) is 0 Å². The maximum atomic E-state index is 10.4. The van der Waals surface area contributed by atoms with Crippen LogP contribution in [0.3, 0.4) is 0 Å². The van der Waals surface area contributed by atoms with E-state index in [0.29, 0.717) is 28.0 Å². The second kappa shape index (κ2) is 6.10. The van der Waals surface area contributed by atoms with Crippen LogP contribution in [0.25, 0.3) is 10.9 Å². The van der Waals surface area contributed by atoms with Crippen molar-refractivity contribution in [2.75, 3.05) is 13.2 Å². The number of aliphatic imine (C=N–C) groups is 1. The molecular weight excluding hydrogens is 317 g/mol. The molecule has 0 amide bonds. The number of aromatic amines is 1. The molecule has 25 heavy (non-hydrogen) atoms. The van der Waals surface area contributed by atoms with E-state index in [1.807, 2.05) is 30.3 Å². The van der Waals surface area contributed by atoms with Gasteiger partial charge in [-0.25, -0.2) is 4.99 Å². The normalized spacial score (nSPS) is 14.8. The molecule has 2 heterocycles. The van der Waals surface area contributed by atoms with Crippen molar-refractivity contribution >= 4 is 41.3 Å². The molecule has 7 heteroatoms. The monoisotopic (exact) mass is 331 g/mol. The third-order valence-electron chi connectivity index (χ3n) is 3.99. The first kappa shape index (κ1) is 15.5. The van der Waals surface area contributed by atoms with Gasteiger partial charge in [0.1, 0.15) is 25.9 Å². The molecule has 3 aromatic rings. The number of aromatic hydroxyl groups is 1. The third kappa shape index (κ3) is 2.58. The lowest BCUT2D eigenvalue weighted by Crippen LogP contribution is -2.14. The molecular formula is C18H14BN3O3. The third-order valence-corrected chi connectivity index (χ3v) is 3.99. The van der Waals surface area contributed by atoms with E-state index in [9.17, 15) is 5.11 Å². The van der Waals surface area contributed by atoms with Gasteiger partial charge in [0, 0.05) is 16.5 Å². The van der Waals surface area contributed by atoms with Crippen LogP contribution in [0.4, 0.5) is 5.69 Å². The minimum atomic E-state index is -0.136. The van der Waals surface area contributed by atoms with Crippen LogP contribution < -0.4 is 5.46 Å². The number of aromatic nitrogens is 1. The largest absolute Gasteiger partial charge is 0.494 e. The Kier molecular flexibility index (Phi) is 3.78. The predicted molar refractivity (Wildman–Crippen MR) is 97.6 cm³/mol. The van der Waals surface area contributed by atoms with Crippen LogP contribution in [-0.2, 0) is 4.84 Å². The Morgan fingerprint density at radius 3 is 2.88 bits per heavy atom. The topological polar surface area (TPSA) is 90.2 Å². The Hall–Kier alpha value is -3.06. The molecule has 0 spiro atoms. The van der Waals surface area contributed by atoms with E-state index < -0.39 is 0 Å². The van der Waals surface area contributed by atoms with Gasteiger partial charge in [-0.05, 0) is 12.1 Å². The molecule has 3 N–H and O–H groups in total. The van der Waals surface area contributed by atoms with Crippen molar-refractivity contribution in [3.8, 4) is 5.88 Å². The first-order chi connectivity index (χ1) is 12.2. The van der Waals surface area contributed by atoms with Gasteiger partial charge in [-0.15, -0.1) is 0 Å². The highest BCUT2D eigenvalue weighted by molar-refractivity contribution is 6.58. The molecule has 0 unspecified atom stereocenters. The first-order valence-electron chi connectivity index (χ1n) is 7.79. The van der Waals surface area contributed by atoms with Crippen LogP contribution in [0.15, 0.2) is 52.6 Å². The average Bonchev–Trinajstić information content (AvgIpc) is 3.11. The van der Waals surface area contributed by atoms with Gasteiger partial charge in [0.05, 0.1) is 17.9 Å². The molecule has 1 aliphatic heterocycles. The van der Waals surface area contributed by atoms with E-state index in [0.717, 1.165) is 16.6 Å². The molecule has 0 bridgehead atoms. The Balaban J connectivity index is 1.89. The summed E-state index contributed by atoms with van der Waals surface area (Å²) in [6, 6.07) is 12.9. The summed E-state index contributed by atoms with van der Waals surface area (Å²) in [5.74, 6) is -0.0120. The fourth-order valence-electron chi connectivity index (χ4n) is 2.93. The van der Waals surface area contributed by atoms with Gasteiger partial charge in [0.15, 0.2) is 5.88 Å². The number of rotatable bonds is 4. The highest BCUT2D eigenvalue weighted by Crippen LogP contribution is 2.35. The number of benzene rings is 2. The van der Waals surface area contributed by atoms with Crippen molar-refractivity contribution in [3.63, 3.8) is 0 Å². The van der Waals surface area contributed by atoms with Crippen LogP contribution in [0.5, 0.6) is 5.88 Å². The van der Waals surface area contributed by atoms with Crippen molar-refractivity contribution in [2.24, 2.45) is 10.1 Å². The molecule has 0 aliphatic carbocycles. The lowest BCUT2D eigenvalue weighted by atomic mass is 9.94. The fraction of sp³-hybridized carbons (Fsp3) is 0.111. The standard InChI is InChI=1S/C18H14BN3O3/c19-10-5-6-11-14(9-10)21-18(24)15(11)17-16(22-25-8-7-23)12-3-1-2-4-13(12)20-17/h1-6,9,21,23-24H,7-8H2/b22-16+. The molecule has 4 rings (SSSR count). The SMILES string of the molecule is [B]c1ccc2c(C3=Nc4ccccc4/C3=N\OCCO)c(O)[nH]c2c1. The molecule has 6 nitrogen and oxygen atoms in total. The van der Waals surface area contributed by atoms with Gasteiger partial charge in [-0.3, -0.25) is 0 Å². The molecule has 2 radical (unpaired) electrons. The summed E-state index contributed by atoms with van der Waals surface area (Å²) in [6.45, 7) is -0.0577. The minimum Gasteiger partial charge on any atom is -0.494 e. The van der Waals surface area contributed by atoms with Crippen LogP contribution in [0.1, 0.15) is 11.1 Å². The van der Waals surface area contributed by atoms with Gasteiger partial charge in [-0.1, -0.05) is 41.0 Å². The van der Waals surface area contributed by atoms with E-state index in [4.69, 9.17) is 17.8 Å². The maximum Gasteiger partial charge on any atom is 0.199 e. The van der Waals surface area contributed by atoms with Gasteiger partial charge in [0.25, 0.3) is 0 Å². The fourth-order valence-corrected chi connectivity index (χ4v) is 2.93. The molecule has 0 saturated carbocycles. The number of nitrogens with zero attached hydrogens (tertiary/aromatic N) is 2. The molecule has 1 aromatic heterocycles. The van der Waals surface area contributed by atoms with E-state index in [1.165, 1.54) is 0 Å². The number of aliphatic hydroxyl groups excluding tert-OH is 1. The number of hydrogen-bond donors (Lipinski definition) is 3. The second-order valence-corrected chi connectivity index (χ2v) is 5.63. The van der Waals surface area contributed by atoms with Crippen LogP contribution in [0, 0.1) is 0 Å². The molecule has 0 saturated heterocycles. The van der Waals surface area contributed by atoms with Crippen LogP contribution in [0.2, 0.25) is 0 Å². The van der Waals surface area contributed by atoms with Crippen LogP contribution in [-0.4, -0.2) is 47.7 Å². The number of oxime groups is 1. The number of fused-ring (bicyclic) bond motifs is 2. The summed E-state index contributed by atoms with van der Waals surface area (Å²) >= 11 is 0. The van der Waals surface area contributed by atoms with Crippen molar-refractivity contribution < 1.29 is 15.1 Å². The summed E-state index contributed by atoms with van der Waals surface area (Å²) in [5.41, 5.74) is 4.41. The molecule has 0 fully saturated rings. The number of nitrogens with one attached hydrogen (secondary N) is 1. The zero-order chi connectivity index (χ0) is 17.4. The van der Waals surface area contributed by atoms with E-state index in [1.54, 1.807) is 12.1 Å². The molecule has 0 atom stereocenters. The summed E-state index contributed by atoms with van der Waals surface area (Å²) in [4.78, 5) is 12.7. The lowest BCUT2D eigenvalue weighted by molar-refractivity contribution is 0.0992. The Bertz CT molecular complexity index is 1020. The lowest BCUT2D eigenvalue weighted by Gasteiger charge is -2.04. The van der Waals surface area contributed by atoms with Crippen LogP contribution >= 0.6 is 0 Å². The quantitative estimate of drug-likeness (QED) is 0.385. The van der Waals surface area contributed by atoms with E-state index in [-0.39, 0.29) is 19.1 Å². The highest BCUT2D eigenvalue weighted by Gasteiger charge is 2.29. The van der Waals surface area contributed by atoms with Crippen molar-refractivity contribution in [1.82, 2.24) is 4.98 Å². The van der Waals surface area contributed by atoms with Crippen molar-refractivity contribution in [1.29, 1.82) is 0 Å². The number of aliphatic hydroxyl groups is 1. The van der Waals surface area contributed by atoms with Crippen molar-refractivity contribution in [2.45, 2.75) is 0 Å². The average molecular weight is 331 g/mol. The molecule has 122 valence electrons. The van der Waals surface area contributed by atoms with Gasteiger partial charge < -0.3 is 20.0 Å². The number of hydrogen-bond acceptors (Lipinski definition) is 5. The van der Waals surface area contributed by atoms with E-state index in [2.05, 4.69) is 15.1 Å².